The van der Waals surface area contributed by atoms with E-state index in [0.29, 0.717) is 6.54 Å². The summed E-state index contributed by atoms with van der Waals surface area (Å²) in [5, 5.41) is 9.29. The monoisotopic (exact) mass is 271 g/mol. The second-order valence-corrected chi connectivity index (χ2v) is 4.75. The van der Waals surface area contributed by atoms with Gasteiger partial charge in [0.05, 0.1) is 6.61 Å². The Bertz CT molecular complexity index is 543. The second kappa shape index (κ2) is 7.01. The Morgan fingerprint density at radius 1 is 1.15 bits per heavy atom. The molecule has 0 unspecified atom stereocenters. The standard InChI is InChI=1S/C16H21N3O/c1-3-15-11-16(18-13(2)17-15)19(9-10-20)12-14-7-5-4-6-8-14/h4-8,11,20H,3,9-10,12H2,1-2H3. The lowest BCUT2D eigenvalue weighted by Crippen LogP contribution is -2.27. The summed E-state index contributed by atoms with van der Waals surface area (Å²) in [6, 6.07) is 12.2. The predicted octanol–water partition coefficient (Wildman–Crippen LogP) is 2.35. The van der Waals surface area contributed by atoms with Gasteiger partial charge in [0, 0.05) is 24.8 Å². The molecule has 106 valence electrons. The molecule has 0 saturated heterocycles. The SMILES string of the molecule is CCc1cc(N(CCO)Cc2ccccc2)nc(C)n1. The maximum atomic E-state index is 9.29. The number of anilines is 1. The zero-order chi connectivity index (χ0) is 14.4. The van der Waals surface area contributed by atoms with Crippen LogP contribution in [0.25, 0.3) is 0 Å². The molecule has 1 aromatic carbocycles. The summed E-state index contributed by atoms with van der Waals surface area (Å²) in [7, 11) is 0. The molecule has 0 aliphatic heterocycles. The third-order valence-corrected chi connectivity index (χ3v) is 3.15. The number of rotatable bonds is 6. The molecule has 2 aromatic rings. The van der Waals surface area contributed by atoms with Crippen LogP contribution < -0.4 is 4.90 Å². The van der Waals surface area contributed by atoms with Gasteiger partial charge in [-0.2, -0.15) is 0 Å². The van der Waals surface area contributed by atoms with Crippen LogP contribution in [0.15, 0.2) is 36.4 Å². The van der Waals surface area contributed by atoms with Gasteiger partial charge in [-0.05, 0) is 18.9 Å². The third kappa shape index (κ3) is 3.78. The normalized spacial score (nSPS) is 10.6. The lowest BCUT2D eigenvalue weighted by molar-refractivity contribution is 0.301. The van der Waals surface area contributed by atoms with Gasteiger partial charge in [0.15, 0.2) is 0 Å². The molecule has 0 spiro atoms. The smallest absolute Gasteiger partial charge is 0.132 e. The summed E-state index contributed by atoms with van der Waals surface area (Å²) in [6.07, 6.45) is 0.884. The van der Waals surface area contributed by atoms with Crippen LogP contribution in [0.4, 0.5) is 5.82 Å². The van der Waals surface area contributed by atoms with E-state index >= 15 is 0 Å². The van der Waals surface area contributed by atoms with Gasteiger partial charge in [0.2, 0.25) is 0 Å². The Morgan fingerprint density at radius 2 is 1.90 bits per heavy atom. The van der Waals surface area contributed by atoms with Gasteiger partial charge < -0.3 is 10.0 Å². The van der Waals surface area contributed by atoms with Crippen molar-refractivity contribution < 1.29 is 5.11 Å². The van der Waals surface area contributed by atoms with E-state index in [2.05, 4.69) is 33.9 Å². The largest absolute Gasteiger partial charge is 0.395 e. The first-order chi connectivity index (χ1) is 9.72. The Kier molecular flexibility index (Phi) is 5.07. The van der Waals surface area contributed by atoms with Gasteiger partial charge >= 0.3 is 0 Å². The summed E-state index contributed by atoms with van der Waals surface area (Å²) in [4.78, 5) is 11.0. The van der Waals surface area contributed by atoms with Crippen molar-refractivity contribution in [1.29, 1.82) is 0 Å². The van der Waals surface area contributed by atoms with Crippen molar-refractivity contribution >= 4 is 5.82 Å². The molecule has 0 fully saturated rings. The van der Waals surface area contributed by atoms with Gasteiger partial charge in [-0.3, -0.25) is 0 Å². The quantitative estimate of drug-likeness (QED) is 0.876. The number of aryl methyl sites for hydroxylation is 2. The third-order valence-electron chi connectivity index (χ3n) is 3.15. The summed E-state index contributed by atoms with van der Waals surface area (Å²) in [5.41, 5.74) is 2.23. The van der Waals surface area contributed by atoms with Crippen molar-refractivity contribution in [2.75, 3.05) is 18.1 Å². The van der Waals surface area contributed by atoms with Gasteiger partial charge in [0.25, 0.3) is 0 Å². The molecule has 0 aliphatic rings. The number of hydrogen-bond donors (Lipinski definition) is 1. The van der Waals surface area contributed by atoms with Crippen LogP contribution in [0, 0.1) is 6.92 Å². The number of aromatic nitrogens is 2. The van der Waals surface area contributed by atoms with E-state index < -0.39 is 0 Å². The highest BCUT2D eigenvalue weighted by Gasteiger charge is 2.10. The Balaban J connectivity index is 2.26. The van der Waals surface area contributed by atoms with E-state index in [-0.39, 0.29) is 6.61 Å². The number of aliphatic hydroxyl groups excluding tert-OH is 1. The molecule has 1 heterocycles. The number of benzene rings is 1. The van der Waals surface area contributed by atoms with Crippen LogP contribution in [0.3, 0.4) is 0 Å². The molecule has 20 heavy (non-hydrogen) atoms. The highest BCUT2D eigenvalue weighted by molar-refractivity contribution is 5.41. The van der Waals surface area contributed by atoms with Crippen LogP contribution in [-0.4, -0.2) is 28.2 Å². The number of aliphatic hydroxyl groups is 1. The van der Waals surface area contributed by atoms with Crippen molar-refractivity contribution in [3.8, 4) is 0 Å². The minimum Gasteiger partial charge on any atom is -0.395 e. The molecule has 1 aromatic heterocycles. The van der Waals surface area contributed by atoms with Crippen molar-refractivity contribution in [2.24, 2.45) is 0 Å². The van der Waals surface area contributed by atoms with Crippen LogP contribution in [0.1, 0.15) is 24.0 Å². The molecule has 0 radical (unpaired) electrons. The minimum atomic E-state index is 0.108. The average molecular weight is 271 g/mol. The lowest BCUT2D eigenvalue weighted by atomic mass is 10.2. The lowest BCUT2D eigenvalue weighted by Gasteiger charge is -2.23. The van der Waals surface area contributed by atoms with Crippen molar-refractivity contribution in [3.05, 3.63) is 53.5 Å². The van der Waals surface area contributed by atoms with Gasteiger partial charge in [0.1, 0.15) is 11.6 Å². The molecule has 0 atom stereocenters. The molecule has 1 N–H and O–H groups in total. The van der Waals surface area contributed by atoms with Crippen LogP contribution in [0.2, 0.25) is 0 Å². The van der Waals surface area contributed by atoms with Crippen molar-refractivity contribution in [1.82, 2.24) is 9.97 Å². The summed E-state index contributed by atoms with van der Waals surface area (Å²) < 4.78 is 0. The molecule has 0 saturated carbocycles. The van der Waals surface area contributed by atoms with Crippen molar-refractivity contribution in [3.63, 3.8) is 0 Å². The zero-order valence-electron chi connectivity index (χ0n) is 12.1. The zero-order valence-corrected chi connectivity index (χ0v) is 12.1. The average Bonchev–Trinajstić information content (AvgIpc) is 2.47. The minimum absolute atomic E-state index is 0.108. The fourth-order valence-electron chi connectivity index (χ4n) is 2.15. The second-order valence-electron chi connectivity index (χ2n) is 4.75. The van der Waals surface area contributed by atoms with Crippen LogP contribution in [-0.2, 0) is 13.0 Å². The van der Waals surface area contributed by atoms with E-state index in [1.807, 2.05) is 31.2 Å². The van der Waals surface area contributed by atoms with E-state index in [0.717, 1.165) is 30.3 Å². The van der Waals surface area contributed by atoms with E-state index in [4.69, 9.17) is 0 Å². The molecule has 0 bridgehead atoms. The first-order valence-corrected chi connectivity index (χ1v) is 6.97. The van der Waals surface area contributed by atoms with Gasteiger partial charge in [-0.25, -0.2) is 9.97 Å². The summed E-state index contributed by atoms with van der Waals surface area (Å²) in [6.45, 7) is 5.40. The maximum absolute atomic E-state index is 9.29. The Hall–Kier alpha value is -1.94. The molecular formula is C16H21N3O. The summed E-state index contributed by atoms with van der Waals surface area (Å²) >= 11 is 0. The number of hydrogen-bond acceptors (Lipinski definition) is 4. The molecule has 2 rings (SSSR count). The van der Waals surface area contributed by atoms with Gasteiger partial charge in [-0.15, -0.1) is 0 Å². The fourth-order valence-corrected chi connectivity index (χ4v) is 2.15. The molecular weight excluding hydrogens is 250 g/mol. The first-order valence-electron chi connectivity index (χ1n) is 6.97. The van der Waals surface area contributed by atoms with E-state index in [1.54, 1.807) is 0 Å². The maximum Gasteiger partial charge on any atom is 0.132 e. The molecule has 4 heteroatoms. The van der Waals surface area contributed by atoms with Crippen molar-refractivity contribution in [2.45, 2.75) is 26.8 Å². The van der Waals surface area contributed by atoms with E-state index in [1.165, 1.54) is 5.56 Å². The highest BCUT2D eigenvalue weighted by atomic mass is 16.3. The van der Waals surface area contributed by atoms with E-state index in [9.17, 15) is 5.11 Å². The van der Waals surface area contributed by atoms with Crippen LogP contribution in [0.5, 0.6) is 0 Å². The molecule has 0 aliphatic carbocycles. The Labute approximate surface area is 120 Å². The predicted molar refractivity (Wildman–Crippen MR) is 80.7 cm³/mol. The fraction of sp³-hybridized carbons (Fsp3) is 0.375. The first kappa shape index (κ1) is 14.5. The highest BCUT2D eigenvalue weighted by Crippen LogP contribution is 2.16. The summed E-state index contributed by atoms with van der Waals surface area (Å²) in [5.74, 6) is 1.66. The Morgan fingerprint density at radius 3 is 2.55 bits per heavy atom. The molecule has 4 nitrogen and oxygen atoms in total. The number of nitrogens with zero attached hydrogens (tertiary/aromatic N) is 3. The van der Waals surface area contributed by atoms with Gasteiger partial charge in [-0.1, -0.05) is 37.3 Å². The molecule has 0 amide bonds. The van der Waals surface area contributed by atoms with Crippen LogP contribution >= 0.6 is 0 Å². The topological polar surface area (TPSA) is 49.2 Å².